The van der Waals surface area contributed by atoms with Crippen LogP contribution in [-0.4, -0.2) is 78.9 Å². The molecule has 148 valence electrons. The molecular weight excluding hydrogens is 342 g/mol. The van der Waals surface area contributed by atoms with Gasteiger partial charge in [0, 0.05) is 52.2 Å². The molecule has 0 saturated carbocycles. The van der Waals surface area contributed by atoms with Crippen LogP contribution in [0.4, 0.5) is 0 Å². The lowest BCUT2D eigenvalue weighted by Crippen LogP contribution is -2.50. The number of carbonyl (C=O) groups is 2. The molecule has 2 aliphatic heterocycles. The van der Waals surface area contributed by atoms with E-state index >= 15 is 0 Å². The summed E-state index contributed by atoms with van der Waals surface area (Å²) in [5.74, 6) is 1.04. The van der Waals surface area contributed by atoms with Crippen LogP contribution in [0.2, 0.25) is 0 Å². The number of carbonyl (C=O) groups excluding carboxylic acids is 2. The van der Waals surface area contributed by atoms with E-state index in [-0.39, 0.29) is 18.4 Å². The van der Waals surface area contributed by atoms with Gasteiger partial charge in [0.1, 0.15) is 5.75 Å². The number of aryl methyl sites for hydroxylation is 1. The predicted molar refractivity (Wildman–Crippen MR) is 105 cm³/mol. The molecule has 27 heavy (non-hydrogen) atoms. The summed E-state index contributed by atoms with van der Waals surface area (Å²) in [6, 6.07) is 7.74. The maximum atomic E-state index is 12.4. The molecule has 0 spiro atoms. The van der Waals surface area contributed by atoms with Crippen LogP contribution in [0.3, 0.4) is 0 Å². The van der Waals surface area contributed by atoms with Gasteiger partial charge in [-0.15, -0.1) is 0 Å². The highest BCUT2D eigenvalue weighted by Gasteiger charge is 2.23. The minimum Gasteiger partial charge on any atom is -0.484 e. The predicted octanol–water partition coefficient (Wildman–Crippen LogP) is 1.92. The molecule has 1 aromatic carbocycles. The van der Waals surface area contributed by atoms with Crippen molar-refractivity contribution in [1.29, 1.82) is 0 Å². The van der Waals surface area contributed by atoms with Gasteiger partial charge in [0.2, 0.25) is 5.91 Å². The first-order valence-electron chi connectivity index (χ1n) is 10.1. The Morgan fingerprint density at radius 2 is 1.63 bits per heavy atom. The van der Waals surface area contributed by atoms with Crippen molar-refractivity contribution in [3.8, 4) is 5.75 Å². The number of hydrogen-bond donors (Lipinski definition) is 0. The zero-order valence-corrected chi connectivity index (χ0v) is 16.4. The number of rotatable bonds is 6. The van der Waals surface area contributed by atoms with Crippen LogP contribution < -0.4 is 4.74 Å². The van der Waals surface area contributed by atoms with Crippen molar-refractivity contribution >= 4 is 11.8 Å². The standard InChI is InChI=1S/C21H31N3O3/c1-18-6-5-7-19(16-18)27-17-21(26)24-14-12-22(13-15-24)11-8-20(25)23-9-3-2-4-10-23/h5-7,16H,2-4,8-15,17H2,1H3. The van der Waals surface area contributed by atoms with E-state index in [1.807, 2.05) is 41.0 Å². The third-order valence-corrected chi connectivity index (χ3v) is 5.43. The topological polar surface area (TPSA) is 53.1 Å². The molecule has 2 aliphatic rings. The molecule has 0 aromatic heterocycles. The highest BCUT2D eigenvalue weighted by atomic mass is 16.5. The number of hydrogen-bond acceptors (Lipinski definition) is 4. The summed E-state index contributed by atoms with van der Waals surface area (Å²) in [6.45, 7) is 7.76. The Hall–Kier alpha value is -2.08. The third-order valence-electron chi connectivity index (χ3n) is 5.43. The fraction of sp³-hybridized carbons (Fsp3) is 0.619. The van der Waals surface area contributed by atoms with Gasteiger partial charge in [0.15, 0.2) is 6.61 Å². The number of amides is 2. The summed E-state index contributed by atoms with van der Waals surface area (Å²) in [4.78, 5) is 30.8. The maximum Gasteiger partial charge on any atom is 0.260 e. The Kier molecular flexibility index (Phi) is 7.10. The van der Waals surface area contributed by atoms with Crippen molar-refractivity contribution in [2.75, 3.05) is 52.4 Å². The van der Waals surface area contributed by atoms with E-state index in [1.165, 1.54) is 6.42 Å². The molecule has 2 heterocycles. The van der Waals surface area contributed by atoms with Gasteiger partial charge < -0.3 is 14.5 Å². The van der Waals surface area contributed by atoms with Gasteiger partial charge in [-0.25, -0.2) is 0 Å². The number of piperazine rings is 1. The van der Waals surface area contributed by atoms with E-state index in [0.717, 1.165) is 56.9 Å². The van der Waals surface area contributed by atoms with Gasteiger partial charge in [-0.1, -0.05) is 12.1 Å². The zero-order chi connectivity index (χ0) is 19.1. The molecule has 6 nitrogen and oxygen atoms in total. The van der Waals surface area contributed by atoms with Crippen LogP contribution in [0, 0.1) is 6.92 Å². The molecule has 0 N–H and O–H groups in total. The van der Waals surface area contributed by atoms with Crippen molar-refractivity contribution in [3.05, 3.63) is 29.8 Å². The summed E-state index contributed by atoms with van der Waals surface area (Å²) in [5.41, 5.74) is 1.12. The molecule has 2 saturated heterocycles. The van der Waals surface area contributed by atoms with Gasteiger partial charge in [-0.2, -0.15) is 0 Å². The Morgan fingerprint density at radius 3 is 2.33 bits per heavy atom. The first-order chi connectivity index (χ1) is 13.1. The molecule has 2 fully saturated rings. The fourth-order valence-electron chi connectivity index (χ4n) is 3.72. The van der Waals surface area contributed by atoms with Crippen molar-refractivity contribution < 1.29 is 14.3 Å². The highest BCUT2D eigenvalue weighted by Crippen LogP contribution is 2.13. The lowest BCUT2D eigenvalue weighted by atomic mass is 10.1. The van der Waals surface area contributed by atoms with Gasteiger partial charge in [0.05, 0.1) is 0 Å². The van der Waals surface area contributed by atoms with Crippen LogP contribution in [0.15, 0.2) is 24.3 Å². The van der Waals surface area contributed by atoms with Crippen LogP contribution in [0.5, 0.6) is 5.75 Å². The minimum absolute atomic E-state index is 0.0283. The van der Waals surface area contributed by atoms with Crippen molar-refractivity contribution in [3.63, 3.8) is 0 Å². The highest BCUT2D eigenvalue weighted by molar-refractivity contribution is 5.78. The Bertz CT molecular complexity index is 635. The second-order valence-corrected chi connectivity index (χ2v) is 7.52. The molecule has 0 bridgehead atoms. The molecule has 2 amide bonds. The lowest BCUT2D eigenvalue weighted by molar-refractivity contribution is -0.136. The molecule has 0 atom stereocenters. The van der Waals surface area contributed by atoms with E-state index in [1.54, 1.807) is 0 Å². The van der Waals surface area contributed by atoms with E-state index in [2.05, 4.69) is 4.90 Å². The van der Waals surface area contributed by atoms with E-state index in [0.29, 0.717) is 19.5 Å². The number of ether oxygens (including phenoxy) is 1. The van der Waals surface area contributed by atoms with Crippen LogP contribution in [0.25, 0.3) is 0 Å². The van der Waals surface area contributed by atoms with Crippen molar-refractivity contribution in [1.82, 2.24) is 14.7 Å². The van der Waals surface area contributed by atoms with Gasteiger partial charge >= 0.3 is 0 Å². The average Bonchev–Trinajstić information content (AvgIpc) is 2.71. The summed E-state index contributed by atoms with van der Waals surface area (Å²) in [5, 5.41) is 0. The zero-order valence-electron chi connectivity index (χ0n) is 16.4. The van der Waals surface area contributed by atoms with Gasteiger partial charge in [-0.3, -0.25) is 14.5 Å². The maximum absolute atomic E-state index is 12.4. The summed E-state index contributed by atoms with van der Waals surface area (Å²) >= 11 is 0. The molecular formula is C21H31N3O3. The largest absolute Gasteiger partial charge is 0.484 e. The third kappa shape index (κ3) is 5.96. The summed E-state index contributed by atoms with van der Waals surface area (Å²) in [7, 11) is 0. The first-order valence-corrected chi connectivity index (χ1v) is 10.1. The SMILES string of the molecule is Cc1cccc(OCC(=O)N2CCN(CCC(=O)N3CCCCC3)CC2)c1. The van der Waals surface area contributed by atoms with Crippen LogP contribution in [0.1, 0.15) is 31.2 Å². The molecule has 1 aromatic rings. The quantitative estimate of drug-likeness (QED) is 0.765. The van der Waals surface area contributed by atoms with Crippen molar-refractivity contribution in [2.45, 2.75) is 32.6 Å². The summed E-state index contributed by atoms with van der Waals surface area (Å²) in [6.07, 6.45) is 4.10. The van der Waals surface area contributed by atoms with Crippen LogP contribution >= 0.6 is 0 Å². The van der Waals surface area contributed by atoms with Crippen molar-refractivity contribution in [2.24, 2.45) is 0 Å². The van der Waals surface area contributed by atoms with Gasteiger partial charge in [0.25, 0.3) is 5.91 Å². The molecule has 6 heteroatoms. The Morgan fingerprint density at radius 1 is 0.926 bits per heavy atom. The average molecular weight is 373 g/mol. The molecule has 0 aliphatic carbocycles. The smallest absolute Gasteiger partial charge is 0.260 e. The number of likely N-dealkylation sites (tertiary alicyclic amines) is 1. The number of benzene rings is 1. The fourth-order valence-corrected chi connectivity index (χ4v) is 3.72. The second kappa shape index (κ2) is 9.74. The molecule has 3 rings (SSSR count). The number of piperidine rings is 1. The molecule has 0 unspecified atom stereocenters. The lowest BCUT2D eigenvalue weighted by Gasteiger charge is -2.35. The summed E-state index contributed by atoms with van der Waals surface area (Å²) < 4.78 is 5.62. The number of nitrogens with zero attached hydrogens (tertiary/aromatic N) is 3. The van der Waals surface area contributed by atoms with E-state index in [9.17, 15) is 9.59 Å². The first kappa shape index (κ1) is 19.7. The molecule has 0 radical (unpaired) electrons. The van der Waals surface area contributed by atoms with E-state index in [4.69, 9.17) is 4.74 Å². The normalized spacial score (nSPS) is 18.4. The van der Waals surface area contributed by atoms with Crippen LogP contribution in [-0.2, 0) is 9.59 Å². The second-order valence-electron chi connectivity index (χ2n) is 7.52. The van der Waals surface area contributed by atoms with Gasteiger partial charge in [-0.05, 0) is 43.9 Å². The minimum atomic E-state index is 0.0283. The monoisotopic (exact) mass is 373 g/mol. The Balaban J connectivity index is 1.34. The van der Waals surface area contributed by atoms with E-state index < -0.39 is 0 Å². The Labute approximate surface area is 162 Å².